The SMILES string of the molecule is COCCNc1c(NCC(=O)N[C@H](Cc2ccccc2)C(=O)N[C@H](C(=O)N[C@@H](CCCNC(=N)N)C(=O)NCC(=O)N[C@@H](CC(=O)O)C(N)=O)C(C)C)c(=O)c1=O. The topological polar surface area (TPSA) is 355 Å². The van der Waals surface area contributed by atoms with Gasteiger partial charge in [-0.15, -0.1) is 0 Å². The predicted molar refractivity (Wildman–Crippen MR) is 207 cm³/mol. The zero-order valence-corrected chi connectivity index (χ0v) is 31.8. The van der Waals surface area contributed by atoms with Crippen LogP contribution in [0, 0.1) is 11.3 Å². The highest BCUT2D eigenvalue weighted by molar-refractivity contribution is 5.96. The Kier molecular flexibility index (Phi) is 19.1. The molecule has 22 nitrogen and oxygen atoms in total. The molecule has 0 aliphatic rings. The number of amides is 6. The van der Waals surface area contributed by atoms with Gasteiger partial charge in [-0.25, -0.2) is 0 Å². The van der Waals surface area contributed by atoms with E-state index < -0.39 is 102 Å². The molecule has 0 spiro atoms. The second kappa shape index (κ2) is 23.4. The van der Waals surface area contributed by atoms with E-state index in [1.165, 1.54) is 7.11 Å². The van der Waals surface area contributed by atoms with Crippen LogP contribution in [0.4, 0.5) is 11.4 Å². The molecular formula is C35H51N11O11. The van der Waals surface area contributed by atoms with Gasteiger partial charge in [0.1, 0.15) is 35.5 Å². The van der Waals surface area contributed by atoms with Gasteiger partial charge in [-0.1, -0.05) is 44.2 Å². The highest BCUT2D eigenvalue weighted by Crippen LogP contribution is 2.14. The monoisotopic (exact) mass is 801 g/mol. The van der Waals surface area contributed by atoms with Crippen LogP contribution < -0.4 is 64.9 Å². The number of carbonyl (C=O) groups excluding carboxylic acids is 6. The quantitative estimate of drug-likeness (QED) is 0.0186. The Bertz CT molecular complexity index is 1810. The normalized spacial score (nSPS) is 12.9. The molecule has 312 valence electrons. The van der Waals surface area contributed by atoms with E-state index in [4.69, 9.17) is 26.7 Å². The Labute approximate surface area is 327 Å². The highest BCUT2D eigenvalue weighted by atomic mass is 16.5. The van der Waals surface area contributed by atoms with Gasteiger partial charge in [0.2, 0.25) is 35.4 Å². The van der Waals surface area contributed by atoms with Gasteiger partial charge in [-0.05, 0) is 24.3 Å². The third-order valence-electron chi connectivity index (χ3n) is 8.22. The molecule has 6 amide bonds. The minimum Gasteiger partial charge on any atom is -0.481 e. The molecule has 0 unspecified atom stereocenters. The van der Waals surface area contributed by atoms with E-state index in [1.54, 1.807) is 44.2 Å². The number of nitrogens with one attached hydrogen (secondary N) is 9. The number of benzene rings is 1. The molecule has 0 heterocycles. The molecule has 0 saturated heterocycles. The van der Waals surface area contributed by atoms with Crippen LogP contribution >= 0.6 is 0 Å². The number of hydrogen-bond donors (Lipinski definition) is 12. The largest absolute Gasteiger partial charge is 0.481 e. The summed E-state index contributed by atoms with van der Waals surface area (Å²) in [7, 11) is 1.46. The Morgan fingerprint density at radius 3 is 1.95 bits per heavy atom. The van der Waals surface area contributed by atoms with Crippen molar-refractivity contribution >= 4 is 58.7 Å². The van der Waals surface area contributed by atoms with Gasteiger partial charge in [0.05, 0.1) is 26.1 Å². The number of primary amides is 1. The van der Waals surface area contributed by atoms with Crippen LogP contribution in [0.15, 0.2) is 39.9 Å². The maximum absolute atomic E-state index is 13.8. The Balaban J connectivity index is 2.20. The first-order chi connectivity index (χ1) is 26.9. The average molecular weight is 802 g/mol. The number of rotatable bonds is 26. The Morgan fingerprint density at radius 1 is 0.754 bits per heavy atom. The van der Waals surface area contributed by atoms with Crippen molar-refractivity contribution in [2.24, 2.45) is 17.4 Å². The fourth-order valence-electron chi connectivity index (χ4n) is 5.26. The second-order valence-corrected chi connectivity index (χ2v) is 13.1. The number of aliphatic carboxylic acids is 1. The van der Waals surface area contributed by atoms with Crippen LogP contribution in [0.3, 0.4) is 0 Å². The van der Waals surface area contributed by atoms with Crippen molar-refractivity contribution in [3.8, 4) is 0 Å². The number of carboxylic acid groups (broad SMARTS) is 1. The molecule has 0 aliphatic heterocycles. The number of anilines is 2. The maximum Gasteiger partial charge on any atom is 0.305 e. The number of hydrogen-bond acceptors (Lipinski definition) is 13. The minimum atomic E-state index is -1.54. The number of nitrogens with two attached hydrogens (primary N) is 2. The zero-order chi connectivity index (χ0) is 42.7. The Morgan fingerprint density at radius 2 is 1.37 bits per heavy atom. The summed E-state index contributed by atoms with van der Waals surface area (Å²) >= 11 is 0. The van der Waals surface area contributed by atoms with Crippen LogP contribution in [0.2, 0.25) is 0 Å². The fraction of sp³-hybridized carbons (Fsp3) is 0.486. The lowest BCUT2D eigenvalue weighted by molar-refractivity contribution is -0.140. The van der Waals surface area contributed by atoms with Gasteiger partial charge in [-0.2, -0.15) is 0 Å². The van der Waals surface area contributed by atoms with Crippen LogP contribution in [-0.2, 0) is 44.7 Å². The maximum atomic E-state index is 13.8. The third-order valence-corrected chi connectivity index (χ3v) is 8.22. The van der Waals surface area contributed by atoms with E-state index >= 15 is 0 Å². The molecule has 0 saturated carbocycles. The predicted octanol–water partition coefficient (Wildman–Crippen LogP) is -4.07. The summed E-state index contributed by atoms with van der Waals surface area (Å²) in [5, 5.41) is 36.5. The van der Waals surface area contributed by atoms with Gasteiger partial charge in [0.25, 0.3) is 10.9 Å². The fourth-order valence-corrected chi connectivity index (χ4v) is 5.26. The van der Waals surface area contributed by atoms with Crippen LogP contribution in [0.25, 0.3) is 0 Å². The summed E-state index contributed by atoms with van der Waals surface area (Å²) in [6.07, 6.45) is -0.628. The summed E-state index contributed by atoms with van der Waals surface area (Å²) in [6.45, 7) is 2.70. The number of carboxylic acids is 1. The van der Waals surface area contributed by atoms with Crippen molar-refractivity contribution in [1.29, 1.82) is 5.41 Å². The van der Waals surface area contributed by atoms with Gasteiger partial charge < -0.3 is 63.8 Å². The van der Waals surface area contributed by atoms with Crippen LogP contribution in [0.5, 0.6) is 0 Å². The van der Waals surface area contributed by atoms with Gasteiger partial charge >= 0.3 is 5.97 Å². The summed E-state index contributed by atoms with van der Waals surface area (Å²) in [6, 6.07) is 3.35. The number of methoxy groups -OCH3 is 1. The first kappa shape index (κ1) is 46.6. The van der Waals surface area contributed by atoms with E-state index in [2.05, 4.69) is 42.5 Å². The second-order valence-electron chi connectivity index (χ2n) is 13.1. The lowest BCUT2D eigenvalue weighted by atomic mass is 10.00. The molecule has 0 aliphatic carbocycles. The van der Waals surface area contributed by atoms with Crippen LogP contribution in [0.1, 0.15) is 38.7 Å². The smallest absolute Gasteiger partial charge is 0.305 e. The molecule has 0 bridgehead atoms. The number of guanidine groups is 1. The van der Waals surface area contributed by atoms with Gasteiger partial charge in [0.15, 0.2) is 5.96 Å². The summed E-state index contributed by atoms with van der Waals surface area (Å²) in [5.74, 6) is -7.44. The van der Waals surface area contributed by atoms with Gasteiger partial charge in [-0.3, -0.25) is 48.6 Å². The van der Waals surface area contributed by atoms with E-state index in [0.29, 0.717) is 5.56 Å². The van der Waals surface area contributed by atoms with E-state index in [0.717, 1.165) is 0 Å². The third kappa shape index (κ3) is 16.0. The van der Waals surface area contributed by atoms with Crippen molar-refractivity contribution in [2.75, 3.05) is 50.5 Å². The Hall–Kier alpha value is -6.58. The molecule has 14 N–H and O–H groups in total. The molecule has 57 heavy (non-hydrogen) atoms. The molecule has 22 heteroatoms. The van der Waals surface area contributed by atoms with Crippen molar-refractivity contribution in [2.45, 2.75) is 63.7 Å². The summed E-state index contributed by atoms with van der Waals surface area (Å²) in [4.78, 5) is 113. The first-order valence-corrected chi connectivity index (χ1v) is 17.8. The molecule has 2 rings (SSSR count). The molecule has 2 aromatic rings. The van der Waals surface area contributed by atoms with Crippen molar-refractivity contribution in [1.82, 2.24) is 31.9 Å². The van der Waals surface area contributed by atoms with Crippen molar-refractivity contribution in [3.05, 3.63) is 56.3 Å². The van der Waals surface area contributed by atoms with E-state index in [1.807, 2.05) is 0 Å². The van der Waals surface area contributed by atoms with Crippen LogP contribution in [-0.4, -0.2) is 117 Å². The first-order valence-electron chi connectivity index (χ1n) is 17.8. The lowest BCUT2D eigenvalue weighted by Crippen LogP contribution is -2.59. The van der Waals surface area contributed by atoms with E-state index in [-0.39, 0.29) is 56.3 Å². The number of ether oxygens (including phenoxy) is 1. The summed E-state index contributed by atoms with van der Waals surface area (Å²) < 4.78 is 4.93. The zero-order valence-electron chi connectivity index (χ0n) is 31.8. The molecule has 0 aromatic heterocycles. The highest BCUT2D eigenvalue weighted by Gasteiger charge is 2.32. The molecule has 0 radical (unpaired) electrons. The van der Waals surface area contributed by atoms with Crippen molar-refractivity contribution < 1.29 is 43.4 Å². The molecular weight excluding hydrogens is 750 g/mol. The van der Waals surface area contributed by atoms with Crippen molar-refractivity contribution in [3.63, 3.8) is 0 Å². The van der Waals surface area contributed by atoms with E-state index in [9.17, 15) is 43.2 Å². The molecule has 0 fully saturated rings. The standard InChI is InChI=1S/C35H51N11O11/c1-18(2)26(34(56)45-20(10-7-11-40-35(37)38)32(54)42-17-24(48)43-21(31(36)53)15-25(49)50)46-33(55)22(14-19-8-5-4-6-9-19)44-23(47)16-41-28-27(29(51)30(28)52)39-12-13-57-3/h4-6,8-9,18,20-22,26,39,41H,7,10-17H2,1-3H3,(H2,36,53)(H,42,54)(H,43,48)(H,44,47)(H,45,56)(H,46,55)(H,49,50)(H4,37,38,40)/t20-,21-,22+,26-/m0/s1. The minimum absolute atomic E-state index is 0.00585. The average Bonchev–Trinajstić information content (AvgIpc) is 3.15. The number of carbonyl (C=O) groups is 7. The van der Waals surface area contributed by atoms with Gasteiger partial charge in [0, 0.05) is 26.6 Å². The lowest BCUT2D eigenvalue weighted by Gasteiger charge is -2.27. The molecule has 2 aromatic carbocycles. The summed E-state index contributed by atoms with van der Waals surface area (Å²) in [5.41, 5.74) is 9.49. The molecule has 4 atom stereocenters.